The van der Waals surface area contributed by atoms with E-state index in [9.17, 15) is 4.79 Å². The van der Waals surface area contributed by atoms with Crippen molar-refractivity contribution in [2.45, 2.75) is 0 Å². The highest BCUT2D eigenvalue weighted by atomic mass is 32.1. The largest absolute Gasteiger partial charge is 0.465 e. The van der Waals surface area contributed by atoms with Gasteiger partial charge in [-0.15, -0.1) is 11.3 Å². The molecule has 0 atom stereocenters. The Morgan fingerprint density at radius 3 is 2.68 bits per heavy atom. The molecule has 8 heteroatoms. The standard InChI is InChI=1S/C11H13N5O2S/c12-10-13-8-6-19-5-7(8)9(14-10)15-1-3-16(4-2-15)11(17)18/h5-6H,1-4H2,(H2,12,13)(H,17,18). The van der Waals surface area contributed by atoms with E-state index in [1.807, 2.05) is 10.8 Å². The van der Waals surface area contributed by atoms with E-state index >= 15 is 0 Å². The maximum Gasteiger partial charge on any atom is 0.407 e. The van der Waals surface area contributed by atoms with E-state index in [2.05, 4.69) is 14.9 Å². The summed E-state index contributed by atoms with van der Waals surface area (Å²) in [4.78, 5) is 22.8. The highest BCUT2D eigenvalue weighted by Gasteiger charge is 2.23. The summed E-state index contributed by atoms with van der Waals surface area (Å²) in [5, 5.41) is 13.8. The molecule has 0 unspecified atom stereocenters. The van der Waals surface area contributed by atoms with Gasteiger partial charge in [0.2, 0.25) is 5.95 Å². The smallest absolute Gasteiger partial charge is 0.407 e. The second-order valence-corrected chi connectivity index (χ2v) is 5.08. The summed E-state index contributed by atoms with van der Waals surface area (Å²) in [6, 6.07) is 0. The lowest BCUT2D eigenvalue weighted by Gasteiger charge is -2.34. The molecule has 3 rings (SSSR count). The van der Waals surface area contributed by atoms with Crippen LogP contribution in [0.4, 0.5) is 16.6 Å². The van der Waals surface area contributed by atoms with Crippen LogP contribution in [0, 0.1) is 0 Å². The van der Waals surface area contributed by atoms with E-state index in [1.165, 1.54) is 4.90 Å². The van der Waals surface area contributed by atoms with Gasteiger partial charge in [0.25, 0.3) is 0 Å². The Kier molecular flexibility index (Phi) is 2.86. The lowest BCUT2D eigenvalue weighted by Crippen LogP contribution is -2.48. The first-order valence-corrected chi connectivity index (χ1v) is 6.81. The van der Waals surface area contributed by atoms with Crippen LogP contribution in [0.2, 0.25) is 0 Å². The molecule has 0 saturated carbocycles. The third-order valence-corrected chi connectivity index (χ3v) is 3.92. The van der Waals surface area contributed by atoms with Crippen LogP contribution >= 0.6 is 11.3 Å². The van der Waals surface area contributed by atoms with Crippen molar-refractivity contribution < 1.29 is 9.90 Å². The van der Waals surface area contributed by atoms with Crippen molar-refractivity contribution in [3.8, 4) is 0 Å². The summed E-state index contributed by atoms with van der Waals surface area (Å²) in [6.07, 6.45) is -0.873. The normalized spacial score (nSPS) is 16.0. The van der Waals surface area contributed by atoms with E-state index in [0.29, 0.717) is 26.2 Å². The minimum Gasteiger partial charge on any atom is -0.465 e. The number of carbonyl (C=O) groups is 1. The molecule has 1 amide bonds. The second-order valence-electron chi connectivity index (χ2n) is 4.33. The first-order chi connectivity index (χ1) is 9.15. The second kappa shape index (κ2) is 4.54. The number of rotatable bonds is 1. The average Bonchev–Trinajstić information content (AvgIpc) is 2.85. The van der Waals surface area contributed by atoms with Crippen LogP contribution in [0.25, 0.3) is 10.9 Å². The zero-order chi connectivity index (χ0) is 13.4. The number of anilines is 2. The van der Waals surface area contributed by atoms with Crippen LogP contribution in [-0.4, -0.2) is 52.2 Å². The zero-order valence-corrected chi connectivity index (χ0v) is 10.9. The predicted octanol–water partition coefficient (Wildman–Crippen LogP) is 1.07. The number of carboxylic acid groups (broad SMARTS) is 1. The van der Waals surface area contributed by atoms with Crippen molar-refractivity contribution in [3.05, 3.63) is 10.8 Å². The molecule has 2 aromatic heterocycles. The Hall–Kier alpha value is -2.09. The van der Waals surface area contributed by atoms with E-state index in [0.717, 1.165) is 16.7 Å². The van der Waals surface area contributed by atoms with Gasteiger partial charge in [-0.3, -0.25) is 0 Å². The van der Waals surface area contributed by atoms with Crippen LogP contribution < -0.4 is 10.6 Å². The van der Waals surface area contributed by atoms with Crippen molar-refractivity contribution in [1.82, 2.24) is 14.9 Å². The molecule has 1 aliphatic rings. The molecule has 1 aliphatic heterocycles. The predicted molar refractivity (Wildman–Crippen MR) is 73.6 cm³/mol. The summed E-state index contributed by atoms with van der Waals surface area (Å²) in [5.74, 6) is 1.05. The fourth-order valence-electron chi connectivity index (χ4n) is 2.21. The highest BCUT2D eigenvalue weighted by molar-refractivity contribution is 7.09. The molecule has 3 N–H and O–H groups in total. The number of hydrogen-bond donors (Lipinski definition) is 2. The number of hydrogen-bond acceptors (Lipinski definition) is 6. The Balaban J connectivity index is 1.89. The maximum atomic E-state index is 10.9. The monoisotopic (exact) mass is 279 g/mol. The Bertz CT molecular complexity index is 621. The quantitative estimate of drug-likeness (QED) is 0.810. The lowest BCUT2D eigenvalue weighted by atomic mass is 10.3. The molecule has 7 nitrogen and oxygen atoms in total. The van der Waals surface area contributed by atoms with Gasteiger partial charge in [0.1, 0.15) is 5.82 Å². The number of aromatic nitrogens is 2. The summed E-state index contributed by atoms with van der Waals surface area (Å²) < 4.78 is 0. The molecule has 0 radical (unpaired) electrons. The van der Waals surface area contributed by atoms with E-state index in [1.54, 1.807) is 11.3 Å². The number of nitrogens with two attached hydrogens (primary N) is 1. The summed E-state index contributed by atoms with van der Waals surface area (Å²) in [7, 11) is 0. The average molecular weight is 279 g/mol. The molecule has 0 aliphatic carbocycles. The number of amides is 1. The van der Waals surface area contributed by atoms with Crippen LogP contribution in [0.15, 0.2) is 10.8 Å². The fraction of sp³-hybridized carbons (Fsp3) is 0.364. The van der Waals surface area contributed by atoms with Gasteiger partial charge in [-0.1, -0.05) is 0 Å². The van der Waals surface area contributed by atoms with Gasteiger partial charge >= 0.3 is 6.09 Å². The number of thiophene rings is 1. The third kappa shape index (κ3) is 2.14. The molecule has 0 aromatic carbocycles. The zero-order valence-electron chi connectivity index (χ0n) is 10.1. The number of piperazine rings is 1. The number of nitrogen functional groups attached to an aromatic ring is 1. The van der Waals surface area contributed by atoms with E-state index < -0.39 is 6.09 Å². The van der Waals surface area contributed by atoms with E-state index in [-0.39, 0.29) is 5.95 Å². The fourth-order valence-corrected chi connectivity index (χ4v) is 2.95. The molecule has 19 heavy (non-hydrogen) atoms. The first kappa shape index (κ1) is 12.0. The number of fused-ring (bicyclic) bond motifs is 1. The number of nitrogens with zero attached hydrogens (tertiary/aromatic N) is 4. The molecule has 2 aromatic rings. The molecule has 0 spiro atoms. The topological polar surface area (TPSA) is 95.6 Å². The first-order valence-electron chi connectivity index (χ1n) is 5.87. The summed E-state index contributed by atoms with van der Waals surface area (Å²) in [6.45, 7) is 2.19. The van der Waals surface area contributed by atoms with Gasteiger partial charge < -0.3 is 20.6 Å². The molecule has 0 bridgehead atoms. The van der Waals surface area contributed by atoms with Crippen molar-refractivity contribution in [2.24, 2.45) is 0 Å². The molecule has 100 valence electrons. The third-order valence-electron chi connectivity index (χ3n) is 3.19. The minimum absolute atomic E-state index is 0.251. The minimum atomic E-state index is -0.873. The summed E-state index contributed by atoms with van der Waals surface area (Å²) in [5.41, 5.74) is 6.56. The highest BCUT2D eigenvalue weighted by Crippen LogP contribution is 2.28. The van der Waals surface area contributed by atoms with Crippen molar-refractivity contribution in [2.75, 3.05) is 36.8 Å². The van der Waals surface area contributed by atoms with E-state index in [4.69, 9.17) is 10.8 Å². The lowest BCUT2D eigenvalue weighted by molar-refractivity contribution is 0.142. The van der Waals surface area contributed by atoms with Gasteiger partial charge in [0.05, 0.1) is 10.9 Å². The molecule has 1 fully saturated rings. The molecular formula is C11H13N5O2S. The van der Waals surface area contributed by atoms with Crippen LogP contribution in [0.3, 0.4) is 0 Å². The van der Waals surface area contributed by atoms with Gasteiger partial charge in [-0.05, 0) is 0 Å². The van der Waals surface area contributed by atoms with Gasteiger partial charge in [0.15, 0.2) is 0 Å². The Morgan fingerprint density at radius 1 is 1.26 bits per heavy atom. The molecule has 1 saturated heterocycles. The summed E-state index contributed by atoms with van der Waals surface area (Å²) >= 11 is 1.56. The molecular weight excluding hydrogens is 266 g/mol. The van der Waals surface area contributed by atoms with Gasteiger partial charge in [-0.25, -0.2) is 9.78 Å². The van der Waals surface area contributed by atoms with Crippen molar-refractivity contribution in [1.29, 1.82) is 0 Å². The van der Waals surface area contributed by atoms with Gasteiger partial charge in [-0.2, -0.15) is 4.98 Å². The van der Waals surface area contributed by atoms with Crippen LogP contribution in [0.1, 0.15) is 0 Å². The van der Waals surface area contributed by atoms with Crippen LogP contribution in [-0.2, 0) is 0 Å². The Labute approximate surface area is 113 Å². The molecule has 3 heterocycles. The van der Waals surface area contributed by atoms with Gasteiger partial charge in [0, 0.05) is 36.9 Å². The Morgan fingerprint density at radius 2 is 2.00 bits per heavy atom. The van der Waals surface area contributed by atoms with Crippen molar-refractivity contribution in [3.63, 3.8) is 0 Å². The maximum absolute atomic E-state index is 10.9. The SMILES string of the molecule is Nc1nc(N2CCN(C(=O)O)CC2)c2cscc2n1. The van der Waals surface area contributed by atoms with Crippen molar-refractivity contribution >= 4 is 40.1 Å². The van der Waals surface area contributed by atoms with Crippen LogP contribution in [0.5, 0.6) is 0 Å².